The number of rotatable bonds is 2. The minimum atomic E-state index is -0.416. The zero-order valence-corrected chi connectivity index (χ0v) is 9.84. The topological polar surface area (TPSA) is 64.2 Å². The molecular formula is C13H12N2O3. The molecule has 2 aromatic rings. The van der Waals surface area contributed by atoms with E-state index < -0.39 is 5.97 Å². The SMILES string of the molecule is COC(=O)c1cnc(C2COc3ccccc32)[nH]1. The number of carbonyl (C=O) groups excluding carboxylic acids is 1. The Hall–Kier alpha value is -2.30. The van der Waals surface area contributed by atoms with Gasteiger partial charge in [0, 0.05) is 5.56 Å². The fourth-order valence-corrected chi connectivity index (χ4v) is 2.12. The van der Waals surface area contributed by atoms with E-state index in [2.05, 4.69) is 14.7 Å². The molecule has 0 spiro atoms. The Morgan fingerprint density at radius 1 is 1.50 bits per heavy atom. The Kier molecular flexibility index (Phi) is 2.51. The number of esters is 1. The van der Waals surface area contributed by atoms with Gasteiger partial charge in [0.1, 0.15) is 23.9 Å². The van der Waals surface area contributed by atoms with Crippen LogP contribution in [0.25, 0.3) is 0 Å². The van der Waals surface area contributed by atoms with E-state index in [0.717, 1.165) is 17.1 Å². The quantitative estimate of drug-likeness (QED) is 0.817. The summed E-state index contributed by atoms with van der Waals surface area (Å²) >= 11 is 0. The number of nitrogens with zero attached hydrogens (tertiary/aromatic N) is 1. The Morgan fingerprint density at radius 3 is 3.17 bits per heavy atom. The number of aromatic nitrogens is 2. The Bertz CT molecular complexity index is 591. The van der Waals surface area contributed by atoms with E-state index in [1.165, 1.54) is 13.3 Å². The molecule has 1 aliphatic heterocycles. The van der Waals surface area contributed by atoms with Crippen LogP contribution in [0.4, 0.5) is 0 Å². The molecule has 5 nitrogen and oxygen atoms in total. The van der Waals surface area contributed by atoms with Crippen molar-refractivity contribution in [2.45, 2.75) is 5.92 Å². The van der Waals surface area contributed by atoms with Crippen molar-refractivity contribution in [2.24, 2.45) is 0 Å². The second-order valence-electron chi connectivity index (χ2n) is 4.08. The average Bonchev–Trinajstić information content (AvgIpc) is 3.03. The monoisotopic (exact) mass is 244 g/mol. The van der Waals surface area contributed by atoms with Crippen LogP contribution < -0.4 is 4.74 Å². The van der Waals surface area contributed by atoms with Gasteiger partial charge >= 0.3 is 5.97 Å². The summed E-state index contributed by atoms with van der Waals surface area (Å²) in [6, 6.07) is 7.83. The predicted molar refractivity (Wildman–Crippen MR) is 63.7 cm³/mol. The van der Waals surface area contributed by atoms with Gasteiger partial charge in [0.2, 0.25) is 0 Å². The molecule has 18 heavy (non-hydrogen) atoms. The lowest BCUT2D eigenvalue weighted by atomic mass is 10.0. The van der Waals surface area contributed by atoms with Gasteiger partial charge in [-0.1, -0.05) is 18.2 Å². The number of hydrogen-bond acceptors (Lipinski definition) is 4. The maximum atomic E-state index is 11.4. The third kappa shape index (κ3) is 1.64. The number of para-hydroxylation sites is 1. The number of hydrogen-bond donors (Lipinski definition) is 1. The molecule has 1 atom stereocenters. The number of benzene rings is 1. The van der Waals surface area contributed by atoms with Crippen LogP contribution in [-0.2, 0) is 4.74 Å². The summed E-state index contributed by atoms with van der Waals surface area (Å²) in [5.74, 6) is 1.22. The van der Waals surface area contributed by atoms with Crippen molar-refractivity contribution < 1.29 is 14.3 Å². The van der Waals surface area contributed by atoms with E-state index in [-0.39, 0.29) is 5.92 Å². The van der Waals surface area contributed by atoms with Crippen LogP contribution in [-0.4, -0.2) is 29.7 Å². The molecule has 92 valence electrons. The summed E-state index contributed by atoms with van der Waals surface area (Å²) in [5.41, 5.74) is 1.44. The summed E-state index contributed by atoms with van der Waals surface area (Å²) in [4.78, 5) is 18.6. The fraction of sp³-hybridized carbons (Fsp3) is 0.231. The fourth-order valence-electron chi connectivity index (χ4n) is 2.12. The smallest absolute Gasteiger partial charge is 0.356 e. The first-order valence-electron chi connectivity index (χ1n) is 5.64. The van der Waals surface area contributed by atoms with E-state index in [1.807, 2.05) is 24.3 Å². The molecule has 5 heteroatoms. The molecule has 0 saturated heterocycles. The Morgan fingerprint density at radius 2 is 2.33 bits per heavy atom. The van der Waals surface area contributed by atoms with E-state index in [9.17, 15) is 4.79 Å². The molecule has 0 aliphatic carbocycles. The molecule has 0 radical (unpaired) electrons. The molecule has 0 saturated carbocycles. The minimum Gasteiger partial charge on any atom is -0.492 e. The molecule has 0 bridgehead atoms. The van der Waals surface area contributed by atoms with E-state index in [0.29, 0.717) is 12.3 Å². The second-order valence-corrected chi connectivity index (χ2v) is 4.08. The summed E-state index contributed by atoms with van der Waals surface area (Å²) in [5, 5.41) is 0. The van der Waals surface area contributed by atoms with Gasteiger partial charge < -0.3 is 14.5 Å². The summed E-state index contributed by atoms with van der Waals surface area (Å²) in [6.07, 6.45) is 1.49. The Balaban J connectivity index is 1.93. The van der Waals surface area contributed by atoms with E-state index >= 15 is 0 Å². The molecule has 0 fully saturated rings. The van der Waals surface area contributed by atoms with Crippen LogP contribution >= 0.6 is 0 Å². The van der Waals surface area contributed by atoms with Gasteiger partial charge in [-0.05, 0) is 6.07 Å². The van der Waals surface area contributed by atoms with Gasteiger partial charge in [-0.3, -0.25) is 0 Å². The zero-order chi connectivity index (χ0) is 12.5. The van der Waals surface area contributed by atoms with Crippen LogP contribution in [0.15, 0.2) is 30.5 Å². The molecule has 1 aromatic carbocycles. The highest BCUT2D eigenvalue weighted by atomic mass is 16.5. The highest BCUT2D eigenvalue weighted by Crippen LogP contribution is 2.36. The van der Waals surface area contributed by atoms with Crippen LogP contribution in [0.5, 0.6) is 5.75 Å². The third-order valence-electron chi connectivity index (χ3n) is 3.03. The maximum Gasteiger partial charge on any atom is 0.356 e. The number of H-pyrrole nitrogens is 1. The van der Waals surface area contributed by atoms with E-state index in [4.69, 9.17) is 4.74 Å². The Labute approximate surface area is 104 Å². The molecular weight excluding hydrogens is 232 g/mol. The van der Waals surface area contributed by atoms with Crippen molar-refractivity contribution in [3.63, 3.8) is 0 Å². The number of carbonyl (C=O) groups is 1. The van der Waals surface area contributed by atoms with Gasteiger partial charge in [-0.15, -0.1) is 0 Å². The lowest BCUT2D eigenvalue weighted by Gasteiger charge is -2.04. The van der Waals surface area contributed by atoms with Crippen LogP contribution in [0.1, 0.15) is 27.8 Å². The molecule has 3 rings (SSSR count). The van der Waals surface area contributed by atoms with Crippen molar-refractivity contribution in [3.8, 4) is 5.75 Å². The number of fused-ring (bicyclic) bond motifs is 1. The number of aromatic amines is 1. The zero-order valence-electron chi connectivity index (χ0n) is 9.84. The van der Waals surface area contributed by atoms with Gasteiger partial charge in [-0.25, -0.2) is 9.78 Å². The van der Waals surface area contributed by atoms with Crippen molar-refractivity contribution >= 4 is 5.97 Å². The number of nitrogens with one attached hydrogen (secondary N) is 1. The van der Waals surface area contributed by atoms with Crippen LogP contribution in [0.2, 0.25) is 0 Å². The molecule has 1 N–H and O–H groups in total. The molecule has 2 heterocycles. The first-order chi connectivity index (χ1) is 8.79. The minimum absolute atomic E-state index is 0.0413. The number of ether oxygens (including phenoxy) is 2. The van der Waals surface area contributed by atoms with Gasteiger partial charge in [-0.2, -0.15) is 0 Å². The first-order valence-corrected chi connectivity index (χ1v) is 5.64. The molecule has 0 amide bonds. The second kappa shape index (κ2) is 4.18. The first kappa shape index (κ1) is 10.8. The number of methoxy groups -OCH3 is 1. The summed E-state index contributed by atoms with van der Waals surface area (Å²) < 4.78 is 10.2. The highest BCUT2D eigenvalue weighted by molar-refractivity contribution is 5.86. The van der Waals surface area contributed by atoms with Crippen LogP contribution in [0, 0.1) is 0 Å². The highest BCUT2D eigenvalue weighted by Gasteiger charge is 2.28. The largest absolute Gasteiger partial charge is 0.492 e. The third-order valence-corrected chi connectivity index (χ3v) is 3.03. The van der Waals surface area contributed by atoms with Crippen molar-refractivity contribution in [1.29, 1.82) is 0 Å². The normalized spacial score (nSPS) is 17.1. The lowest BCUT2D eigenvalue weighted by Crippen LogP contribution is -2.06. The predicted octanol–water partition coefficient (Wildman–Crippen LogP) is 1.72. The standard InChI is InChI=1S/C13H12N2O3/c1-17-13(16)10-6-14-12(15-10)9-7-18-11-5-3-2-4-8(9)11/h2-6,9H,7H2,1H3,(H,14,15). The van der Waals surface area contributed by atoms with Crippen LogP contribution in [0.3, 0.4) is 0 Å². The average molecular weight is 244 g/mol. The number of imidazole rings is 1. The van der Waals surface area contributed by atoms with Gasteiger partial charge in [0.05, 0.1) is 19.2 Å². The van der Waals surface area contributed by atoms with Crippen molar-refractivity contribution in [2.75, 3.05) is 13.7 Å². The lowest BCUT2D eigenvalue weighted by molar-refractivity contribution is 0.0594. The van der Waals surface area contributed by atoms with Crippen molar-refractivity contribution in [3.05, 3.63) is 47.5 Å². The van der Waals surface area contributed by atoms with E-state index in [1.54, 1.807) is 0 Å². The van der Waals surface area contributed by atoms with Crippen molar-refractivity contribution in [1.82, 2.24) is 9.97 Å². The maximum absolute atomic E-state index is 11.4. The molecule has 1 aromatic heterocycles. The van der Waals surface area contributed by atoms with Gasteiger partial charge in [0.15, 0.2) is 0 Å². The summed E-state index contributed by atoms with van der Waals surface area (Å²) in [7, 11) is 1.34. The molecule has 1 aliphatic rings. The van der Waals surface area contributed by atoms with Gasteiger partial charge in [0.25, 0.3) is 0 Å². The molecule has 1 unspecified atom stereocenters. The summed E-state index contributed by atoms with van der Waals surface area (Å²) in [6.45, 7) is 0.535.